The van der Waals surface area contributed by atoms with E-state index in [9.17, 15) is 4.79 Å². The standard InChI is InChI=1S/C29H28N2O4/c1-20-18-31-26-17-24(35-28(31)30-27(20)32)25(34-26)19-33-29(21-11-5-2-6-12-21,22-13-7-3-8-14-22)23-15-9-4-10-16-23/h2-16,18,24-26,28H,17,19H2,1H3,(H,30,32). The van der Waals surface area contributed by atoms with Crippen LogP contribution in [-0.2, 0) is 24.6 Å². The second-order valence-electron chi connectivity index (χ2n) is 9.21. The number of hydrogen-bond donors (Lipinski definition) is 1. The zero-order valence-corrected chi connectivity index (χ0v) is 19.5. The number of hydrogen-bond acceptors (Lipinski definition) is 5. The van der Waals surface area contributed by atoms with E-state index in [2.05, 4.69) is 41.7 Å². The predicted octanol–water partition coefficient (Wildman–Crippen LogP) is 4.13. The minimum Gasteiger partial charge on any atom is -0.358 e. The number of nitrogens with one attached hydrogen (secondary N) is 1. The third-order valence-electron chi connectivity index (χ3n) is 7.05. The lowest BCUT2D eigenvalue weighted by Gasteiger charge is -2.41. The molecule has 3 aromatic rings. The molecule has 3 aromatic carbocycles. The van der Waals surface area contributed by atoms with Crippen molar-refractivity contribution in [2.24, 2.45) is 0 Å². The summed E-state index contributed by atoms with van der Waals surface area (Å²) < 4.78 is 19.6. The Hall–Kier alpha value is -3.45. The van der Waals surface area contributed by atoms with E-state index in [1.165, 1.54) is 0 Å². The van der Waals surface area contributed by atoms with Crippen LogP contribution in [0.25, 0.3) is 0 Å². The molecule has 4 unspecified atom stereocenters. The molecule has 6 rings (SSSR count). The number of carbonyl (C=O) groups is 1. The molecule has 178 valence electrons. The molecule has 0 aromatic heterocycles. The van der Waals surface area contributed by atoms with Crippen LogP contribution in [-0.4, -0.2) is 42.2 Å². The van der Waals surface area contributed by atoms with Crippen molar-refractivity contribution in [3.05, 3.63) is 119 Å². The first-order valence-corrected chi connectivity index (χ1v) is 12.0. The summed E-state index contributed by atoms with van der Waals surface area (Å²) in [5.74, 6) is -0.114. The zero-order chi connectivity index (χ0) is 23.8. The minimum absolute atomic E-state index is 0.114. The number of fused-ring (bicyclic) bond motifs is 4. The Labute approximate surface area is 205 Å². The van der Waals surface area contributed by atoms with Gasteiger partial charge in [0.05, 0.1) is 12.7 Å². The van der Waals surface area contributed by atoms with Gasteiger partial charge in [-0.3, -0.25) is 4.79 Å². The first-order valence-electron chi connectivity index (χ1n) is 12.0. The zero-order valence-electron chi connectivity index (χ0n) is 19.5. The van der Waals surface area contributed by atoms with Gasteiger partial charge in [-0.15, -0.1) is 0 Å². The molecule has 0 spiro atoms. The van der Waals surface area contributed by atoms with Crippen LogP contribution < -0.4 is 5.32 Å². The van der Waals surface area contributed by atoms with Crippen molar-refractivity contribution in [1.82, 2.24) is 10.2 Å². The molecule has 35 heavy (non-hydrogen) atoms. The van der Waals surface area contributed by atoms with Gasteiger partial charge in [-0.25, -0.2) is 0 Å². The van der Waals surface area contributed by atoms with Gasteiger partial charge >= 0.3 is 0 Å². The highest BCUT2D eigenvalue weighted by molar-refractivity contribution is 5.93. The maximum Gasteiger partial charge on any atom is 0.251 e. The maximum atomic E-state index is 12.1. The number of ether oxygens (including phenoxy) is 3. The number of benzene rings is 3. The van der Waals surface area contributed by atoms with E-state index in [0.29, 0.717) is 12.2 Å². The maximum absolute atomic E-state index is 12.1. The van der Waals surface area contributed by atoms with Crippen LogP contribution >= 0.6 is 0 Å². The van der Waals surface area contributed by atoms with E-state index in [1.54, 1.807) is 6.92 Å². The molecule has 3 aliphatic heterocycles. The molecule has 6 nitrogen and oxygen atoms in total. The molecule has 1 amide bonds. The van der Waals surface area contributed by atoms with Crippen molar-refractivity contribution in [3.8, 4) is 0 Å². The lowest BCUT2D eigenvalue weighted by atomic mass is 9.80. The molecule has 3 aliphatic rings. The molecule has 2 fully saturated rings. The highest BCUT2D eigenvalue weighted by Gasteiger charge is 2.49. The highest BCUT2D eigenvalue weighted by Crippen LogP contribution is 2.42. The van der Waals surface area contributed by atoms with Crippen molar-refractivity contribution >= 4 is 5.91 Å². The van der Waals surface area contributed by atoms with E-state index in [-0.39, 0.29) is 24.3 Å². The lowest BCUT2D eigenvalue weighted by molar-refractivity contribution is -0.163. The predicted molar refractivity (Wildman–Crippen MR) is 131 cm³/mol. The molecular formula is C29H28N2O4. The van der Waals surface area contributed by atoms with Crippen LogP contribution in [0, 0.1) is 0 Å². The SMILES string of the molecule is CC1=CN2C3CC(OC2NC1=O)C(COC(c1ccccc1)(c1ccccc1)c1ccccc1)O3. The smallest absolute Gasteiger partial charge is 0.251 e. The third-order valence-corrected chi connectivity index (χ3v) is 7.05. The fourth-order valence-corrected chi connectivity index (χ4v) is 5.31. The summed E-state index contributed by atoms with van der Waals surface area (Å²) >= 11 is 0. The average molecular weight is 469 g/mol. The van der Waals surface area contributed by atoms with Crippen LogP contribution in [0.1, 0.15) is 30.0 Å². The van der Waals surface area contributed by atoms with Crippen LogP contribution in [0.2, 0.25) is 0 Å². The van der Waals surface area contributed by atoms with Crippen molar-refractivity contribution in [2.75, 3.05) is 6.61 Å². The van der Waals surface area contributed by atoms with Gasteiger partial charge < -0.3 is 24.4 Å². The summed E-state index contributed by atoms with van der Waals surface area (Å²) in [6, 6.07) is 30.9. The molecule has 3 heterocycles. The second kappa shape index (κ2) is 8.96. The summed E-state index contributed by atoms with van der Waals surface area (Å²) in [6.45, 7) is 2.12. The molecule has 1 N–H and O–H groups in total. The van der Waals surface area contributed by atoms with Gasteiger partial charge in [-0.2, -0.15) is 0 Å². The monoisotopic (exact) mass is 468 g/mol. The number of nitrogens with zero attached hydrogens (tertiary/aromatic N) is 1. The molecule has 2 saturated heterocycles. The number of rotatable bonds is 6. The molecular weight excluding hydrogens is 440 g/mol. The Kier molecular flexibility index (Phi) is 5.65. The summed E-state index contributed by atoms with van der Waals surface area (Å²) in [6.07, 6.45) is 1.43. The fourth-order valence-electron chi connectivity index (χ4n) is 5.31. The first kappa shape index (κ1) is 22.0. The quantitative estimate of drug-likeness (QED) is 0.552. The van der Waals surface area contributed by atoms with Crippen LogP contribution in [0.5, 0.6) is 0 Å². The highest BCUT2D eigenvalue weighted by atomic mass is 16.6. The van der Waals surface area contributed by atoms with Gasteiger partial charge in [0.2, 0.25) is 6.35 Å². The third kappa shape index (κ3) is 3.84. The van der Waals surface area contributed by atoms with Crippen molar-refractivity contribution in [1.29, 1.82) is 0 Å². The van der Waals surface area contributed by atoms with E-state index in [4.69, 9.17) is 14.2 Å². The molecule has 2 bridgehead atoms. The van der Waals surface area contributed by atoms with Gasteiger partial charge in [-0.05, 0) is 23.6 Å². The molecule has 0 radical (unpaired) electrons. The number of carbonyl (C=O) groups excluding carboxylic acids is 1. The van der Waals surface area contributed by atoms with Crippen LogP contribution in [0.15, 0.2) is 103 Å². The summed E-state index contributed by atoms with van der Waals surface area (Å²) in [5, 5.41) is 2.92. The lowest BCUT2D eigenvalue weighted by Crippen LogP contribution is -2.58. The Morgan fingerprint density at radius 2 is 1.43 bits per heavy atom. The van der Waals surface area contributed by atoms with Gasteiger partial charge in [-0.1, -0.05) is 91.0 Å². The minimum atomic E-state index is -0.818. The largest absolute Gasteiger partial charge is 0.358 e. The molecule has 0 aliphatic carbocycles. The summed E-state index contributed by atoms with van der Waals surface area (Å²) in [5.41, 5.74) is 2.96. The fraction of sp³-hybridized carbons (Fsp3) is 0.276. The van der Waals surface area contributed by atoms with E-state index < -0.39 is 12.0 Å². The molecule has 6 heteroatoms. The Bertz CT molecular complexity index is 1120. The van der Waals surface area contributed by atoms with Crippen molar-refractivity contribution in [3.63, 3.8) is 0 Å². The van der Waals surface area contributed by atoms with E-state index in [1.807, 2.05) is 65.7 Å². The normalized spacial score (nSPS) is 25.6. The summed E-state index contributed by atoms with van der Waals surface area (Å²) in [4.78, 5) is 14.1. The van der Waals surface area contributed by atoms with Gasteiger partial charge in [0.25, 0.3) is 5.91 Å². The van der Waals surface area contributed by atoms with Crippen molar-refractivity contribution < 1.29 is 19.0 Å². The van der Waals surface area contributed by atoms with Gasteiger partial charge in [0.1, 0.15) is 17.9 Å². The van der Waals surface area contributed by atoms with Gasteiger partial charge in [0.15, 0.2) is 0 Å². The van der Waals surface area contributed by atoms with Crippen LogP contribution in [0.4, 0.5) is 0 Å². The van der Waals surface area contributed by atoms with Gasteiger partial charge in [0, 0.05) is 18.2 Å². The molecule has 4 atom stereocenters. The number of amides is 1. The van der Waals surface area contributed by atoms with E-state index in [0.717, 1.165) is 23.1 Å². The summed E-state index contributed by atoms with van der Waals surface area (Å²) in [7, 11) is 0. The average Bonchev–Trinajstić information content (AvgIpc) is 3.24. The Morgan fingerprint density at radius 1 is 0.886 bits per heavy atom. The molecule has 0 saturated carbocycles. The first-order chi connectivity index (χ1) is 17.1. The second-order valence-corrected chi connectivity index (χ2v) is 9.21. The van der Waals surface area contributed by atoms with Crippen LogP contribution in [0.3, 0.4) is 0 Å². The Morgan fingerprint density at radius 3 is 1.97 bits per heavy atom. The topological polar surface area (TPSA) is 60.0 Å². The van der Waals surface area contributed by atoms with Crippen molar-refractivity contribution in [2.45, 2.75) is 43.7 Å². The Balaban J connectivity index is 1.34. The van der Waals surface area contributed by atoms with E-state index >= 15 is 0 Å².